The maximum Gasteiger partial charge on any atom is 0.416 e. The van der Waals surface area contributed by atoms with Gasteiger partial charge in [-0.25, -0.2) is 0 Å². The third-order valence-electron chi connectivity index (χ3n) is 3.18. The normalized spacial score (nSPS) is 19.1. The van der Waals surface area contributed by atoms with Crippen LogP contribution in [0.2, 0.25) is 5.02 Å². The fourth-order valence-electron chi connectivity index (χ4n) is 2.15. The molecule has 0 saturated carbocycles. The Hall–Kier alpha value is -0.980. The molecule has 1 saturated heterocycles. The van der Waals surface area contributed by atoms with Crippen molar-refractivity contribution in [3.05, 3.63) is 34.3 Å². The number of halogens is 5. The first-order valence-corrected chi connectivity index (χ1v) is 6.56. The number of benzene rings is 1. The zero-order valence-electron chi connectivity index (χ0n) is 11.2. The molecule has 118 valence electrons. The molecule has 2 rings (SSSR count). The number of piperazine rings is 1. The number of carbonyl (C=O) groups is 1. The van der Waals surface area contributed by atoms with Crippen molar-refractivity contribution in [3.8, 4) is 0 Å². The lowest BCUT2D eigenvalue weighted by Gasteiger charge is -2.32. The van der Waals surface area contributed by atoms with E-state index < -0.39 is 11.7 Å². The number of alkyl halides is 3. The SMILES string of the molecule is C[C@@H]1CN(C(=O)c2ccc(C(F)(F)F)cc2Cl)CCN1.Cl. The van der Waals surface area contributed by atoms with Gasteiger partial charge in [-0.1, -0.05) is 11.6 Å². The monoisotopic (exact) mass is 342 g/mol. The van der Waals surface area contributed by atoms with E-state index in [1.807, 2.05) is 6.92 Å². The minimum Gasteiger partial charge on any atom is -0.336 e. The number of nitrogens with zero attached hydrogens (tertiary/aromatic N) is 1. The van der Waals surface area contributed by atoms with Crippen LogP contribution in [0.15, 0.2) is 18.2 Å². The fraction of sp³-hybridized carbons (Fsp3) is 0.462. The second-order valence-corrected chi connectivity index (χ2v) is 5.21. The van der Waals surface area contributed by atoms with Crippen molar-refractivity contribution in [2.24, 2.45) is 0 Å². The molecule has 0 bridgehead atoms. The van der Waals surface area contributed by atoms with Crippen LogP contribution in [0.5, 0.6) is 0 Å². The summed E-state index contributed by atoms with van der Waals surface area (Å²) in [5, 5.41) is 3.02. The van der Waals surface area contributed by atoms with E-state index in [4.69, 9.17) is 11.6 Å². The second kappa shape index (κ2) is 6.85. The van der Waals surface area contributed by atoms with Gasteiger partial charge in [-0.2, -0.15) is 13.2 Å². The highest BCUT2D eigenvalue weighted by Gasteiger charge is 2.32. The van der Waals surface area contributed by atoms with Crippen molar-refractivity contribution >= 4 is 29.9 Å². The van der Waals surface area contributed by atoms with Gasteiger partial charge in [0.2, 0.25) is 0 Å². The smallest absolute Gasteiger partial charge is 0.336 e. The first-order chi connectivity index (χ1) is 9.29. The Morgan fingerprint density at radius 1 is 1.43 bits per heavy atom. The molecule has 8 heteroatoms. The Morgan fingerprint density at radius 2 is 2.10 bits per heavy atom. The summed E-state index contributed by atoms with van der Waals surface area (Å²) >= 11 is 5.82. The van der Waals surface area contributed by atoms with Gasteiger partial charge in [-0.3, -0.25) is 4.79 Å². The van der Waals surface area contributed by atoms with Crippen molar-refractivity contribution in [1.82, 2.24) is 10.2 Å². The molecule has 3 nitrogen and oxygen atoms in total. The predicted octanol–water partition coefficient (Wildman–Crippen LogP) is 3.21. The van der Waals surface area contributed by atoms with Crippen LogP contribution in [0.25, 0.3) is 0 Å². The zero-order valence-corrected chi connectivity index (χ0v) is 12.8. The number of rotatable bonds is 1. The highest BCUT2D eigenvalue weighted by Crippen LogP contribution is 2.32. The zero-order chi connectivity index (χ0) is 14.9. The molecule has 1 amide bonds. The molecule has 1 aliphatic heterocycles. The van der Waals surface area contributed by atoms with Gasteiger partial charge >= 0.3 is 6.18 Å². The molecule has 1 N–H and O–H groups in total. The van der Waals surface area contributed by atoms with Crippen molar-refractivity contribution in [2.45, 2.75) is 19.1 Å². The minimum atomic E-state index is -4.46. The Morgan fingerprint density at radius 3 is 2.62 bits per heavy atom. The number of hydrogen-bond donors (Lipinski definition) is 1. The van der Waals surface area contributed by atoms with Crippen LogP contribution in [-0.4, -0.2) is 36.5 Å². The Labute approximate surface area is 131 Å². The van der Waals surface area contributed by atoms with Gasteiger partial charge in [-0.15, -0.1) is 12.4 Å². The lowest BCUT2D eigenvalue weighted by atomic mass is 10.1. The molecule has 0 radical (unpaired) electrons. The highest BCUT2D eigenvalue weighted by atomic mass is 35.5. The van der Waals surface area contributed by atoms with E-state index in [1.165, 1.54) is 0 Å². The van der Waals surface area contributed by atoms with Gasteiger partial charge < -0.3 is 10.2 Å². The van der Waals surface area contributed by atoms with Gasteiger partial charge in [0.05, 0.1) is 16.1 Å². The first kappa shape index (κ1) is 18.1. The molecule has 1 aromatic carbocycles. The average molecular weight is 343 g/mol. The van der Waals surface area contributed by atoms with Crippen LogP contribution in [0.3, 0.4) is 0 Å². The topological polar surface area (TPSA) is 32.3 Å². The van der Waals surface area contributed by atoms with Gasteiger partial charge in [-0.05, 0) is 25.1 Å². The fourth-order valence-corrected chi connectivity index (χ4v) is 2.41. The highest BCUT2D eigenvalue weighted by molar-refractivity contribution is 6.33. The van der Waals surface area contributed by atoms with E-state index >= 15 is 0 Å². The van der Waals surface area contributed by atoms with Crippen LogP contribution in [-0.2, 0) is 6.18 Å². The Balaban J connectivity index is 0.00000220. The van der Waals surface area contributed by atoms with E-state index in [0.29, 0.717) is 19.6 Å². The Bertz CT molecular complexity index is 523. The Kier molecular flexibility index (Phi) is 5.90. The number of amides is 1. The molecule has 1 atom stereocenters. The largest absolute Gasteiger partial charge is 0.416 e. The summed E-state index contributed by atoms with van der Waals surface area (Å²) in [5.41, 5.74) is -0.749. The van der Waals surface area contributed by atoms with Crippen molar-refractivity contribution < 1.29 is 18.0 Å². The molecule has 0 spiro atoms. The van der Waals surface area contributed by atoms with Crippen LogP contribution in [0, 0.1) is 0 Å². The van der Waals surface area contributed by atoms with Crippen molar-refractivity contribution in [1.29, 1.82) is 0 Å². The molecule has 1 heterocycles. The maximum atomic E-state index is 12.5. The van der Waals surface area contributed by atoms with Gasteiger partial charge in [0.1, 0.15) is 0 Å². The summed E-state index contributed by atoms with van der Waals surface area (Å²) in [5.74, 6) is -0.336. The summed E-state index contributed by atoms with van der Waals surface area (Å²) in [6, 6.07) is 2.96. The molecule has 21 heavy (non-hydrogen) atoms. The molecule has 1 aliphatic rings. The first-order valence-electron chi connectivity index (χ1n) is 6.18. The lowest BCUT2D eigenvalue weighted by molar-refractivity contribution is -0.137. The van der Waals surface area contributed by atoms with E-state index in [-0.39, 0.29) is 34.9 Å². The van der Waals surface area contributed by atoms with Gasteiger partial charge in [0.25, 0.3) is 5.91 Å². The van der Waals surface area contributed by atoms with Crippen LogP contribution >= 0.6 is 24.0 Å². The summed E-state index contributed by atoms with van der Waals surface area (Å²) in [6.07, 6.45) is -4.46. The number of hydrogen-bond acceptors (Lipinski definition) is 2. The molecular formula is C13H15Cl2F3N2O. The van der Waals surface area contributed by atoms with Crippen molar-refractivity contribution in [2.75, 3.05) is 19.6 Å². The van der Waals surface area contributed by atoms with Gasteiger partial charge in [0, 0.05) is 25.7 Å². The molecule has 0 aliphatic carbocycles. The van der Waals surface area contributed by atoms with E-state index in [9.17, 15) is 18.0 Å². The molecule has 1 aromatic rings. The summed E-state index contributed by atoms with van der Waals surface area (Å²) < 4.78 is 37.6. The van der Waals surface area contributed by atoms with E-state index in [1.54, 1.807) is 4.90 Å². The standard InChI is InChI=1S/C13H14ClF3N2O.ClH/c1-8-7-19(5-4-18-8)12(20)10-3-2-9(6-11(10)14)13(15,16)17;/h2-3,6,8,18H,4-5,7H2,1H3;1H/t8-;/m1./s1. The summed E-state index contributed by atoms with van der Waals surface area (Å²) in [6.45, 7) is 3.62. The maximum absolute atomic E-state index is 12.5. The lowest BCUT2D eigenvalue weighted by Crippen LogP contribution is -2.51. The minimum absolute atomic E-state index is 0. The van der Waals surface area contributed by atoms with Crippen LogP contribution in [0.1, 0.15) is 22.8 Å². The quantitative estimate of drug-likeness (QED) is 0.849. The molecule has 1 fully saturated rings. The van der Waals surface area contributed by atoms with E-state index in [2.05, 4.69) is 5.32 Å². The third-order valence-corrected chi connectivity index (χ3v) is 3.50. The van der Waals surface area contributed by atoms with Crippen molar-refractivity contribution in [3.63, 3.8) is 0 Å². The summed E-state index contributed by atoms with van der Waals surface area (Å²) in [7, 11) is 0. The predicted molar refractivity (Wildman–Crippen MR) is 77.1 cm³/mol. The second-order valence-electron chi connectivity index (χ2n) is 4.80. The number of carbonyl (C=O) groups excluding carboxylic acids is 1. The molecule has 0 aromatic heterocycles. The molecular weight excluding hydrogens is 328 g/mol. The van der Waals surface area contributed by atoms with Crippen LogP contribution < -0.4 is 5.32 Å². The summed E-state index contributed by atoms with van der Waals surface area (Å²) in [4.78, 5) is 13.9. The van der Waals surface area contributed by atoms with E-state index in [0.717, 1.165) is 18.2 Å². The van der Waals surface area contributed by atoms with Gasteiger partial charge in [0.15, 0.2) is 0 Å². The molecule has 0 unspecified atom stereocenters. The van der Waals surface area contributed by atoms with Crippen LogP contribution in [0.4, 0.5) is 13.2 Å². The third kappa shape index (κ3) is 4.25. The number of nitrogens with one attached hydrogen (secondary N) is 1. The average Bonchev–Trinajstić information content (AvgIpc) is 2.36.